The van der Waals surface area contributed by atoms with Crippen molar-refractivity contribution in [3.8, 4) is 11.5 Å². The molecule has 1 N–H and O–H groups in total. The van der Waals surface area contributed by atoms with Crippen LogP contribution in [0.2, 0.25) is 0 Å². The molecule has 0 spiro atoms. The van der Waals surface area contributed by atoms with Gasteiger partial charge in [-0.2, -0.15) is 22.0 Å². The van der Waals surface area contributed by atoms with Gasteiger partial charge in [0.1, 0.15) is 0 Å². The topological polar surface area (TPSA) is 67.9 Å². The molecule has 0 aromatic heterocycles. The molecule has 0 saturated heterocycles. The van der Waals surface area contributed by atoms with Crippen LogP contribution in [0.1, 0.15) is 21.5 Å². The molecule has 0 aliphatic carbocycles. The summed E-state index contributed by atoms with van der Waals surface area (Å²) in [4.78, 5) is 25.5. The fourth-order valence-electron chi connectivity index (χ4n) is 2.67. The first-order valence-electron chi connectivity index (χ1n) is 8.83. The Morgan fingerprint density at radius 2 is 1.77 bits per heavy atom. The highest BCUT2D eigenvalue weighted by atomic mass is 19.4. The Balaban J connectivity index is 2.00. The van der Waals surface area contributed by atoms with Gasteiger partial charge in [0.2, 0.25) is 5.91 Å². The Morgan fingerprint density at radius 3 is 2.39 bits per heavy atom. The van der Waals surface area contributed by atoms with E-state index in [-0.39, 0.29) is 29.2 Å². The number of halogens is 5. The van der Waals surface area contributed by atoms with Crippen LogP contribution in [0.5, 0.6) is 11.5 Å². The summed E-state index contributed by atoms with van der Waals surface area (Å²) in [7, 11) is 2.51. The van der Waals surface area contributed by atoms with Gasteiger partial charge >= 0.3 is 12.8 Å². The van der Waals surface area contributed by atoms with Crippen LogP contribution in [0.15, 0.2) is 42.5 Å². The minimum Gasteiger partial charge on any atom is -0.493 e. The molecule has 31 heavy (non-hydrogen) atoms. The molecule has 0 atom stereocenters. The number of amides is 2. The van der Waals surface area contributed by atoms with Crippen molar-refractivity contribution in [3.05, 3.63) is 59.2 Å². The van der Waals surface area contributed by atoms with Crippen LogP contribution in [-0.2, 0) is 17.5 Å². The van der Waals surface area contributed by atoms with E-state index in [1.807, 2.05) is 0 Å². The predicted octanol–water partition coefficient (Wildman–Crippen LogP) is 3.70. The van der Waals surface area contributed by atoms with E-state index in [4.69, 9.17) is 4.74 Å². The number of likely N-dealkylation sites (N-methyl/N-ethyl adjacent to an activating group) is 1. The SMILES string of the molecule is COc1cc(C(=O)NCC(=O)N(C)Cc2ccccc2C(F)(F)F)ccc1OC(F)F. The normalized spacial score (nSPS) is 11.2. The number of methoxy groups -OCH3 is 1. The summed E-state index contributed by atoms with van der Waals surface area (Å²) in [6.07, 6.45) is -4.56. The van der Waals surface area contributed by atoms with Gasteiger partial charge in [-0.3, -0.25) is 9.59 Å². The zero-order chi connectivity index (χ0) is 23.2. The van der Waals surface area contributed by atoms with E-state index < -0.39 is 36.7 Å². The Morgan fingerprint density at radius 1 is 1.10 bits per heavy atom. The summed E-state index contributed by atoms with van der Waals surface area (Å²) in [5, 5.41) is 2.32. The molecule has 0 saturated carbocycles. The maximum Gasteiger partial charge on any atom is 0.416 e. The molecule has 0 aliphatic rings. The quantitative estimate of drug-likeness (QED) is 0.628. The van der Waals surface area contributed by atoms with Gasteiger partial charge in [0.05, 0.1) is 19.2 Å². The van der Waals surface area contributed by atoms with Crippen LogP contribution < -0.4 is 14.8 Å². The number of benzene rings is 2. The maximum absolute atomic E-state index is 13.1. The number of hydrogen-bond acceptors (Lipinski definition) is 4. The minimum atomic E-state index is -4.56. The average molecular weight is 446 g/mol. The van der Waals surface area contributed by atoms with Crippen molar-refractivity contribution in [2.24, 2.45) is 0 Å². The molecule has 168 valence electrons. The first-order chi connectivity index (χ1) is 14.5. The molecule has 0 radical (unpaired) electrons. The lowest BCUT2D eigenvalue weighted by Gasteiger charge is -2.20. The Kier molecular flexibility index (Phi) is 7.78. The van der Waals surface area contributed by atoms with Crippen LogP contribution in [0.3, 0.4) is 0 Å². The summed E-state index contributed by atoms with van der Waals surface area (Å²) < 4.78 is 73.1. The zero-order valence-electron chi connectivity index (χ0n) is 16.5. The van der Waals surface area contributed by atoms with Gasteiger partial charge < -0.3 is 19.7 Å². The van der Waals surface area contributed by atoms with Crippen molar-refractivity contribution in [1.29, 1.82) is 0 Å². The predicted molar refractivity (Wildman–Crippen MR) is 99.9 cm³/mol. The van der Waals surface area contributed by atoms with Crippen molar-refractivity contribution >= 4 is 11.8 Å². The molecule has 6 nitrogen and oxygen atoms in total. The van der Waals surface area contributed by atoms with E-state index in [1.54, 1.807) is 0 Å². The first-order valence-corrected chi connectivity index (χ1v) is 8.83. The number of carbonyl (C=O) groups is 2. The van der Waals surface area contributed by atoms with Gasteiger partial charge in [-0.25, -0.2) is 0 Å². The van der Waals surface area contributed by atoms with Crippen LogP contribution in [-0.4, -0.2) is 44.0 Å². The van der Waals surface area contributed by atoms with Gasteiger partial charge in [-0.15, -0.1) is 0 Å². The summed E-state index contributed by atoms with van der Waals surface area (Å²) in [5.41, 5.74) is -0.926. The van der Waals surface area contributed by atoms with Crippen LogP contribution in [0.4, 0.5) is 22.0 Å². The standard InChI is InChI=1S/C20H19F5N2O4/c1-27(11-13-5-3-4-6-14(13)20(23,24)25)17(28)10-26-18(29)12-7-8-15(31-19(21)22)16(9-12)30-2/h3-9,19H,10-11H2,1-2H3,(H,26,29). The second-order valence-corrected chi connectivity index (χ2v) is 6.33. The van der Waals surface area contributed by atoms with Gasteiger partial charge in [0.15, 0.2) is 11.5 Å². The fraction of sp³-hybridized carbons (Fsp3) is 0.300. The third-order valence-corrected chi connectivity index (χ3v) is 4.20. The lowest BCUT2D eigenvalue weighted by atomic mass is 10.1. The number of carbonyl (C=O) groups excluding carboxylic acids is 2. The van der Waals surface area contributed by atoms with Gasteiger partial charge in [0.25, 0.3) is 5.91 Å². The molecule has 11 heteroatoms. The zero-order valence-corrected chi connectivity index (χ0v) is 16.5. The number of ether oxygens (including phenoxy) is 2. The van der Waals surface area contributed by atoms with E-state index in [1.165, 1.54) is 38.4 Å². The Bertz CT molecular complexity index is 934. The van der Waals surface area contributed by atoms with E-state index in [2.05, 4.69) is 10.1 Å². The van der Waals surface area contributed by atoms with Gasteiger partial charge in [-0.05, 0) is 29.8 Å². The van der Waals surface area contributed by atoms with Crippen molar-refractivity contribution < 1.29 is 41.0 Å². The second kappa shape index (κ2) is 10.1. The highest BCUT2D eigenvalue weighted by Gasteiger charge is 2.33. The van der Waals surface area contributed by atoms with E-state index in [0.29, 0.717) is 0 Å². The van der Waals surface area contributed by atoms with Crippen LogP contribution in [0.25, 0.3) is 0 Å². The highest BCUT2D eigenvalue weighted by Crippen LogP contribution is 2.32. The lowest BCUT2D eigenvalue weighted by molar-refractivity contribution is -0.139. The van der Waals surface area contributed by atoms with Gasteiger partial charge in [0, 0.05) is 19.2 Å². The van der Waals surface area contributed by atoms with E-state index >= 15 is 0 Å². The molecule has 0 aliphatic heterocycles. The largest absolute Gasteiger partial charge is 0.493 e. The van der Waals surface area contributed by atoms with Crippen molar-refractivity contribution in [2.75, 3.05) is 20.7 Å². The lowest BCUT2D eigenvalue weighted by Crippen LogP contribution is -2.38. The molecule has 0 fully saturated rings. The van der Waals surface area contributed by atoms with Gasteiger partial charge in [-0.1, -0.05) is 18.2 Å². The molecule has 0 heterocycles. The number of alkyl halides is 5. The van der Waals surface area contributed by atoms with Crippen LogP contribution >= 0.6 is 0 Å². The molecule has 2 amide bonds. The molecule has 2 aromatic rings. The highest BCUT2D eigenvalue weighted by molar-refractivity contribution is 5.97. The molecule has 0 bridgehead atoms. The first kappa shape index (κ1) is 23.9. The fourth-order valence-corrected chi connectivity index (χ4v) is 2.67. The maximum atomic E-state index is 13.1. The molecule has 0 unspecified atom stereocenters. The van der Waals surface area contributed by atoms with E-state index in [9.17, 15) is 31.5 Å². The number of nitrogens with zero attached hydrogens (tertiary/aromatic N) is 1. The second-order valence-electron chi connectivity index (χ2n) is 6.33. The van der Waals surface area contributed by atoms with Crippen molar-refractivity contribution in [1.82, 2.24) is 10.2 Å². The molecule has 2 rings (SSSR count). The minimum absolute atomic E-state index is 0.0105. The summed E-state index contributed by atoms with van der Waals surface area (Å²) in [6, 6.07) is 8.33. The number of nitrogens with one attached hydrogen (secondary N) is 1. The summed E-state index contributed by atoms with van der Waals surface area (Å²) >= 11 is 0. The number of rotatable bonds is 8. The Hall–Kier alpha value is -3.37. The third-order valence-electron chi connectivity index (χ3n) is 4.20. The smallest absolute Gasteiger partial charge is 0.416 e. The summed E-state index contributed by atoms with van der Waals surface area (Å²) in [5.74, 6) is -1.72. The molecule has 2 aromatic carbocycles. The molecular formula is C20H19F5N2O4. The van der Waals surface area contributed by atoms with Crippen molar-refractivity contribution in [3.63, 3.8) is 0 Å². The monoisotopic (exact) mass is 446 g/mol. The van der Waals surface area contributed by atoms with E-state index in [0.717, 1.165) is 23.1 Å². The third kappa shape index (κ3) is 6.56. The van der Waals surface area contributed by atoms with Crippen molar-refractivity contribution in [2.45, 2.75) is 19.3 Å². The number of hydrogen-bond donors (Lipinski definition) is 1. The average Bonchev–Trinajstić information content (AvgIpc) is 2.71. The van der Waals surface area contributed by atoms with Crippen LogP contribution in [0, 0.1) is 0 Å². The summed E-state index contributed by atoms with van der Waals surface area (Å²) in [6.45, 7) is -3.87. The Labute approximate surface area is 174 Å². The molecular weight excluding hydrogens is 427 g/mol.